The molecule has 0 aromatic carbocycles. The van der Waals surface area contributed by atoms with Crippen molar-refractivity contribution in [2.24, 2.45) is 12.5 Å². The lowest BCUT2D eigenvalue weighted by atomic mass is 9.85. The van der Waals surface area contributed by atoms with Crippen molar-refractivity contribution in [3.05, 3.63) is 12.2 Å². The second-order valence-electron chi connectivity index (χ2n) is 5.30. The van der Waals surface area contributed by atoms with Crippen molar-refractivity contribution < 1.29 is 19.4 Å². The first-order valence-electron chi connectivity index (χ1n) is 6.62. The van der Waals surface area contributed by atoms with E-state index in [4.69, 9.17) is 4.74 Å². The van der Waals surface area contributed by atoms with Gasteiger partial charge in [-0.2, -0.15) is 0 Å². The zero-order chi connectivity index (χ0) is 15.5. The van der Waals surface area contributed by atoms with Gasteiger partial charge in [0.2, 0.25) is 0 Å². The van der Waals surface area contributed by atoms with Crippen LogP contribution >= 0.6 is 0 Å². The number of aliphatic carboxylic acids is 1. The molecule has 9 nitrogen and oxygen atoms in total. The number of aryl methyl sites for hydroxylation is 1. The molecule has 1 aromatic heterocycles. The lowest BCUT2D eigenvalue weighted by Crippen LogP contribution is -2.52. The minimum absolute atomic E-state index is 0.0895. The molecular weight excluding hydrogens is 278 g/mol. The van der Waals surface area contributed by atoms with Gasteiger partial charge in [0.25, 0.3) is 0 Å². The maximum Gasteiger partial charge on any atom is 0.315 e. The maximum absolute atomic E-state index is 11.8. The molecular formula is C12H19N5O4. The number of hydrogen-bond donors (Lipinski definition) is 3. The van der Waals surface area contributed by atoms with Gasteiger partial charge in [-0.25, -0.2) is 4.79 Å². The topological polar surface area (TPSA) is 118 Å². The smallest absolute Gasteiger partial charge is 0.315 e. The molecule has 1 aliphatic rings. The van der Waals surface area contributed by atoms with E-state index in [2.05, 4.69) is 20.8 Å². The minimum atomic E-state index is -1.10. The van der Waals surface area contributed by atoms with Crippen molar-refractivity contribution in [2.75, 3.05) is 19.8 Å². The molecule has 0 aliphatic carbocycles. The molecule has 1 aromatic rings. The summed E-state index contributed by atoms with van der Waals surface area (Å²) in [5.41, 5.74) is -1.10. The predicted molar refractivity (Wildman–Crippen MR) is 71.6 cm³/mol. The maximum atomic E-state index is 11.8. The Balaban J connectivity index is 1.79. The van der Waals surface area contributed by atoms with E-state index in [1.54, 1.807) is 17.8 Å². The van der Waals surface area contributed by atoms with Gasteiger partial charge in [0, 0.05) is 20.0 Å². The molecule has 1 fully saturated rings. The Morgan fingerprint density at radius 1 is 1.62 bits per heavy atom. The van der Waals surface area contributed by atoms with Crippen LogP contribution in [-0.4, -0.2) is 57.7 Å². The van der Waals surface area contributed by atoms with E-state index in [0.29, 0.717) is 13.0 Å². The number of nitrogens with one attached hydrogen (secondary N) is 2. The van der Waals surface area contributed by atoms with Crippen LogP contribution in [0.3, 0.4) is 0 Å². The Bertz CT molecular complexity index is 531. The van der Waals surface area contributed by atoms with Gasteiger partial charge < -0.3 is 25.0 Å². The highest BCUT2D eigenvalue weighted by Crippen LogP contribution is 2.28. The third-order valence-electron chi connectivity index (χ3n) is 3.69. The predicted octanol–water partition coefficient (Wildman–Crippen LogP) is -0.853. The van der Waals surface area contributed by atoms with Gasteiger partial charge in [-0.1, -0.05) is 0 Å². The quantitative estimate of drug-likeness (QED) is 0.651. The SMILES string of the molecule is Cn1cnnc1CCNC(=O)NC1COCC1(C)C(=O)O. The third-order valence-corrected chi connectivity index (χ3v) is 3.69. The van der Waals surface area contributed by atoms with Gasteiger partial charge in [-0.15, -0.1) is 10.2 Å². The van der Waals surface area contributed by atoms with E-state index < -0.39 is 23.5 Å². The number of carbonyl (C=O) groups excluding carboxylic acids is 1. The van der Waals surface area contributed by atoms with Gasteiger partial charge in [0.15, 0.2) is 0 Å². The average molecular weight is 297 g/mol. The molecule has 0 spiro atoms. The van der Waals surface area contributed by atoms with Crippen molar-refractivity contribution in [2.45, 2.75) is 19.4 Å². The molecule has 0 saturated carbocycles. The molecule has 2 heterocycles. The van der Waals surface area contributed by atoms with Crippen molar-refractivity contribution in [3.8, 4) is 0 Å². The fraction of sp³-hybridized carbons (Fsp3) is 0.667. The summed E-state index contributed by atoms with van der Waals surface area (Å²) in [6.07, 6.45) is 2.13. The Morgan fingerprint density at radius 3 is 3.00 bits per heavy atom. The number of rotatable bonds is 5. The van der Waals surface area contributed by atoms with Crippen LogP contribution < -0.4 is 10.6 Å². The molecule has 3 N–H and O–H groups in total. The van der Waals surface area contributed by atoms with Crippen molar-refractivity contribution in [1.82, 2.24) is 25.4 Å². The number of amides is 2. The van der Waals surface area contributed by atoms with E-state index in [9.17, 15) is 14.7 Å². The molecule has 2 amide bonds. The first-order valence-corrected chi connectivity index (χ1v) is 6.62. The molecule has 9 heteroatoms. The zero-order valence-corrected chi connectivity index (χ0v) is 12.0. The highest BCUT2D eigenvalue weighted by Gasteiger charge is 2.47. The summed E-state index contributed by atoms with van der Waals surface area (Å²) in [7, 11) is 1.82. The molecule has 1 aliphatic heterocycles. The zero-order valence-electron chi connectivity index (χ0n) is 12.0. The molecule has 0 bridgehead atoms. The number of hydrogen-bond acceptors (Lipinski definition) is 5. The summed E-state index contributed by atoms with van der Waals surface area (Å²) in [5.74, 6) is -0.223. The van der Waals surface area contributed by atoms with Gasteiger partial charge in [-0.05, 0) is 6.92 Å². The summed E-state index contributed by atoms with van der Waals surface area (Å²) in [4.78, 5) is 23.1. The van der Waals surface area contributed by atoms with Gasteiger partial charge in [0.1, 0.15) is 17.6 Å². The lowest BCUT2D eigenvalue weighted by Gasteiger charge is -2.25. The van der Waals surface area contributed by atoms with Crippen molar-refractivity contribution in [1.29, 1.82) is 0 Å². The van der Waals surface area contributed by atoms with Crippen LogP contribution in [0.1, 0.15) is 12.7 Å². The van der Waals surface area contributed by atoms with E-state index in [1.165, 1.54) is 0 Å². The summed E-state index contributed by atoms with van der Waals surface area (Å²) >= 11 is 0. The molecule has 0 radical (unpaired) electrons. The van der Waals surface area contributed by atoms with Gasteiger partial charge in [-0.3, -0.25) is 4.79 Å². The summed E-state index contributed by atoms with van der Waals surface area (Å²) in [5, 5.41) is 22.2. The Morgan fingerprint density at radius 2 is 2.38 bits per heavy atom. The number of carbonyl (C=O) groups is 2. The number of urea groups is 1. The fourth-order valence-electron chi connectivity index (χ4n) is 2.12. The van der Waals surface area contributed by atoms with Crippen LogP contribution in [0.2, 0.25) is 0 Å². The lowest BCUT2D eigenvalue weighted by molar-refractivity contribution is -0.148. The standard InChI is InChI=1S/C12H19N5O4/c1-12(10(18)19)6-21-5-8(12)15-11(20)13-4-3-9-16-14-7-17(9)2/h7-8H,3-6H2,1-2H3,(H,18,19)(H2,13,15,20). The van der Waals surface area contributed by atoms with Gasteiger partial charge >= 0.3 is 12.0 Å². The number of carboxylic acid groups (broad SMARTS) is 1. The summed E-state index contributed by atoms with van der Waals surface area (Å²) in [6, 6.07) is -0.968. The van der Waals surface area contributed by atoms with Crippen LogP contribution in [-0.2, 0) is 23.0 Å². The van der Waals surface area contributed by atoms with E-state index in [0.717, 1.165) is 5.82 Å². The van der Waals surface area contributed by atoms with Crippen molar-refractivity contribution in [3.63, 3.8) is 0 Å². The summed E-state index contributed by atoms with van der Waals surface area (Å²) < 4.78 is 6.94. The van der Waals surface area contributed by atoms with E-state index in [1.807, 2.05) is 7.05 Å². The van der Waals surface area contributed by atoms with E-state index in [-0.39, 0.29) is 13.2 Å². The van der Waals surface area contributed by atoms with Crippen LogP contribution in [0.15, 0.2) is 6.33 Å². The highest BCUT2D eigenvalue weighted by atomic mass is 16.5. The third kappa shape index (κ3) is 3.30. The Kier molecular flexibility index (Phi) is 4.41. The second kappa shape index (κ2) is 6.08. The monoisotopic (exact) mass is 297 g/mol. The first-order chi connectivity index (χ1) is 9.93. The second-order valence-corrected chi connectivity index (χ2v) is 5.30. The van der Waals surface area contributed by atoms with Crippen LogP contribution in [0.4, 0.5) is 4.79 Å². The molecule has 2 atom stereocenters. The number of aromatic nitrogens is 3. The largest absolute Gasteiger partial charge is 0.481 e. The molecule has 116 valence electrons. The fourth-order valence-corrected chi connectivity index (χ4v) is 2.12. The molecule has 21 heavy (non-hydrogen) atoms. The van der Waals surface area contributed by atoms with Crippen LogP contribution in [0, 0.1) is 5.41 Å². The number of nitrogens with zero attached hydrogens (tertiary/aromatic N) is 3. The molecule has 2 rings (SSSR count). The van der Waals surface area contributed by atoms with Gasteiger partial charge in [0.05, 0.1) is 19.3 Å². The van der Waals surface area contributed by atoms with Crippen LogP contribution in [0.25, 0.3) is 0 Å². The number of ether oxygens (including phenoxy) is 1. The van der Waals surface area contributed by atoms with Crippen molar-refractivity contribution >= 4 is 12.0 Å². The number of carboxylic acids is 1. The minimum Gasteiger partial charge on any atom is -0.481 e. The first kappa shape index (κ1) is 15.2. The Labute approximate surface area is 121 Å². The summed E-state index contributed by atoms with van der Waals surface area (Å²) in [6.45, 7) is 2.23. The van der Waals surface area contributed by atoms with E-state index >= 15 is 0 Å². The average Bonchev–Trinajstić information content (AvgIpc) is 2.98. The molecule has 2 unspecified atom stereocenters. The highest BCUT2D eigenvalue weighted by molar-refractivity contribution is 5.79. The Hall–Kier alpha value is -2.16. The molecule has 1 saturated heterocycles. The van der Waals surface area contributed by atoms with Crippen LogP contribution in [0.5, 0.6) is 0 Å². The normalized spacial score (nSPS) is 24.8.